The minimum Gasteiger partial charge on any atom is -0.462 e. The summed E-state index contributed by atoms with van der Waals surface area (Å²) in [5.41, 5.74) is 0.547. The molecule has 2 fully saturated rings. The summed E-state index contributed by atoms with van der Waals surface area (Å²) in [6.07, 6.45) is 2.52. The summed E-state index contributed by atoms with van der Waals surface area (Å²) in [5, 5.41) is 4.35. The lowest BCUT2D eigenvalue weighted by molar-refractivity contribution is 0.0525. The molecule has 1 aromatic rings. The Morgan fingerprint density at radius 2 is 2.24 bits per heavy atom. The Balaban J connectivity index is 1.89. The van der Waals surface area contributed by atoms with Crippen LogP contribution in [0.3, 0.4) is 0 Å². The van der Waals surface area contributed by atoms with Gasteiger partial charge in [0.25, 0.3) is 0 Å². The second kappa shape index (κ2) is 5.96. The monoisotopic (exact) mass is 356 g/mol. The number of halogens is 1. The molecule has 1 aromatic heterocycles. The summed E-state index contributed by atoms with van der Waals surface area (Å²) in [7, 11) is 1.88. The van der Waals surface area contributed by atoms with E-state index < -0.39 is 0 Å². The minimum absolute atomic E-state index is 0.304. The fourth-order valence-corrected chi connectivity index (χ4v) is 3.99. The molecule has 1 atom stereocenters. The number of ether oxygens (including phenoxy) is 1. The predicted octanol–water partition coefficient (Wildman–Crippen LogP) is 1.64. The molecular formula is C14H21BrN4O2. The smallest absolute Gasteiger partial charge is 0.344 e. The van der Waals surface area contributed by atoms with Gasteiger partial charge in [-0.15, -0.1) is 0 Å². The molecule has 0 saturated carbocycles. The van der Waals surface area contributed by atoms with Crippen molar-refractivity contribution >= 4 is 27.7 Å². The Hall–Kier alpha value is -1.08. The molecular weight excluding hydrogens is 336 g/mol. The molecule has 0 bridgehead atoms. The summed E-state index contributed by atoms with van der Waals surface area (Å²) in [5.74, 6) is 0.563. The van der Waals surface area contributed by atoms with E-state index in [0.717, 1.165) is 25.5 Å². The second-order valence-electron chi connectivity index (χ2n) is 5.61. The van der Waals surface area contributed by atoms with E-state index in [1.165, 1.54) is 19.4 Å². The van der Waals surface area contributed by atoms with Gasteiger partial charge in [0.15, 0.2) is 0 Å². The Labute approximate surface area is 133 Å². The van der Waals surface area contributed by atoms with Gasteiger partial charge in [-0.3, -0.25) is 9.58 Å². The molecule has 0 amide bonds. The van der Waals surface area contributed by atoms with E-state index in [2.05, 4.69) is 30.8 Å². The van der Waals surface area contributed by atoms with Gasteiger partial charge in [0.05, 0.1) is 6.61 Å². The second-order valence-corrected chi connectivity index (χ2v) is 6.36. The first-order chi connectivity index (χ1) is 10.1. The number of fused-ring (bicyclic) bond motifs is 1. The average molecular weight is 357 g/mol. The maximum absolute atomic E-state index is 12.2. The molecule has 2 aliphatic rings. The van der Waals surface area contributed by atoms with Gasteiger partial charge >= 0.3 is 5.97 Å². The number of carbonyl (C=O) groups excluding carboxylic acids is 1. The standard InChI is InChI=1S/C14H21BrN4O2/c1-3-21-14(20)11-12(15)16-17(2)13(11)19-8-7-18-6-4-5-10(18)9-19/h10H,3-9H2,1-2H3/t10-/m0/s1. The highest BCUT2D eigenvalue weighted by Crippen LogP contribution is 2.31. The summed E-state index contributed by atoms with van der Waals surface area (Å²) in [6, 6.07) is 0.600. The van der Waals surface area contributed by atoms with Crippen LogP contribution in [0.4, 0.5) is 5.82 Å². The summed E-state index contributed by atoms with van der Waals surface area (Å²) in [4.78, 5) is 17.0. The molecule has 0 spiro atoms. The van der Waals surface area contributed by atoms with Crippen molar-refractivity contribution in [2.45, 2.75) is 25.8 Å². The molecule has 0 N–H and O–H groups in total. The summed E-state index contributed by atoms with van der Waals surface area (Å²) >= 11 is 3.39. The van der Waals surface area contributed by atoms with Gasteiger partial charge in [0.2, 0.25) is 0 Å². The Morgan fingerprint density at radius 1 is 1.43 bits per heavy atom. The number of rotatable bonds is 3. The van der Waals surface area contributed by atoms with Gasteiger partial charge in [-0.05, 0) is 42.2 Å². The van der Waals surface area contributed by atoms with Crippen LogP contribution in [0.1, 0.15) is 30.1 Å². The minimum atomic E-state index is -0.304. The van der Waals surface area contributed by atoms with Crippen molar-refractivity contribution in [3.63, 3.8) is 0 Å². The van der Waals surface area contributed by atoms with E-state index in [1.54, 1.807) is 4.68 Å². The van der Waals surface area contributed by atoms with Crippen LogP contribution in [0, 0.1) is 0 Å². The van der Waals surface area contributed by atoms with Crippen LogP contribution >= 0.6 is 15.9 Å². The van der Waals surface area contributed by atoms with Crippen LogP contribution in [0.5, 0.6) is 0 Å². The maximum atomic E-state index is 12.2. The first-order valence-electron chi connectivity index (χ1n) is 7.50. The number of esters is 1. The highest BCUT2D eigenvalue weighted by Gasteiger charge is 2.34. The van der Waals surface area contributed by atoms with Crippen LogP contribution in [0.15, 0.2) is 4.60 Å². The lowest BCUT2D eigenvalue weighted by Gasteiger charge is -2.38. The van der Waals surface area contributed by atoms with Crippen LogP contribution < -0.4 is 4.90 Å². The third kappa shape index (κ3) is 2.68. The van der Waals surface area contributed by atoms with E-state index in [0.29, 0.717) is 22.8 Å². The highest BCUT2D eigenvalue weighted by atomic mass is 79.9. The van der Waals surface area contributed by atoms with E-state index in [9.17, 15) is 4.79 Å². The van der Waals surface area contributed by atoms with Gasteiger partial charge in [-0.2, -0.15) is 5.10 Å². The number of hydrogen-bond donors (Lipinski definition) is 0. The van der Waals surface area contributed by atoms with Crippen LogP contribution in [0.25, 0.3) is 0 Å². The lowest BCUT2D eigenvalue weighted by atomic mass is 10.1. The average Bonchev–Trinajstić information content (AvgIpc) is 3.01. The zero-order valence-electron chi connectivity index (χ0n) is 12.5. The third-order valence-corrected chi connectivity index (χ3v) is 4.90. The van der Waals surface area contributed by atoms with E-state index in [-0.39, 0.29) is 5.97 Å². The van der Waals surface area contributed by atoms with Gasteiger partial charge in [-0.1, -0.05) is 0 Å². The Kier molecular flexibility index (Phi) is 4.21. The molecule has 3 heterocycles. The van der Waals surface area contributed by atoms with Crippen LogP contribution in [0.2, 0.25) is 0 Å². The van der Waals surface area contributed by atoms with Gasteiger partial charge < -0.3 is 9.64 Å². The Bertz CT molecular complexity index is 545. The Morgan fingerprint density at radius 3 is 3.00 bits per heavy atom. The quantitative estimate of drug-likeness (QED) is 0.770. The molecule has 0 radical (unpaired) electrons. The van der Waals surface area contributed by atoms with Crippen LogP contribution in [-0.4, -0.2) is 59.5 Å². The van der Waals surface area contributed by atoms with Crippen molar-refractivity contribution in [2.75, 3.05) is 37.7 Å². The van der Waals surface area contributed by atoms with Gasteiger partial charge in [-0.25, -0.2) is 4.79 Å². The number of anilines is 1. The zero-order chi connectivity index (χ0) is 15.0. The van der Waals surface area contributed by atoms with E-state index >= 15 is 0 Å². The fraction of sp³-hybridized carbons (Fsp3) is 0.714. The molecule has 7 heteroatoms. The molecule has 0 aliphatic carbocycles. The number of nitrogens with zero attached hydrogens (tertiary/aromatic N) is 4. The summed E-state index contributed by atoms with van der Waals surface area (Å²) < 4.78 is 7.52. The summed E-state index contributed by atoms with van der Waals surface area (Å²) in [6.45, 7) is 6.33. The zero-order valence-corrected chi connectivity index (χ0v) is 14.1. The number of carbonyl (C=O) groups is 1. The normalized spacial score (nSPS) is 22.4. The highest BCUT2D eigenvalue weighted by molar-refractivity contribution is 9.10. The van der Waals surface area contributed by atoms with Crippen molar-refractivity contribution in [2.24, 2.45) is 7.05 Å². The van der Waals surface area contributed by atoms with Crippen molar-refractivity contribution in [3.8, 4) is 0 Å². The number of piperazine rings is 1. The topological polar surface area (TPSA) is 50.6 Å². The SMILES string of the molecule is CCOC(=O)c1c(Br)nn(C)c1N1CCN2CCC[C@H]2C1. The number of aromatic nitrogens is 2. The number of hydrogen-bond acceptors (Lipinski definition) is 5. The van der Waals surface area contributed by atoms with Crippen molar-refractivity contribution in [1.29, 1.82) is 0 Å². The molecule has 2 saturated heterocycles. The molecule has 3 rings (SSSR count). The van der Waals surface area contributed by atoms with Crippen molar-refractivity contribution < 1.29 is 9.53 Å². The fourth-order valence-electron chi connectivity index (χ4n) is 3.41. The first kappa shape index (κ1) is 14.8. The first-order valence-corrected chi connectivity index (χ1v) is 8.29. The molecule has 0 unspecified atom stereocenters. The van der Waals surface area contributed by atoms with Crippen molar-refractivity contribution in [1.82, 2.24) is 14.7 Å². The molecule has 21 heavy (non-hydrogen) atoms. The van der Waals surface area contributed by atoms with Crippen molar-refractivity contribution in [3.05, 3.63) is 10.2 Å². The number of aryl methyl sites for hydroxylation is 1. The molecule has 0 aromatic carbocycles. The third-order valence-electron chi connectivity index (χ3n) is 4.34. The van der Waals surface area contributed by atoms with Gasteiger partial charge in [0.1, 0.15) is 16.0 Å². The largest absolute Gasteiger partial charge is 0.462 e. The molecule has 2 aliphatic heterocycles. The van der Waals surface area contributed by atoms with E-state index in [1.807, 2.05) is 14.0 Å². The van der Waals surface area contributed by atoms with Gasteiger partial charge in [0, 0.05) is 32.7 Å². The molecule has 6 nitrogen and oxygen atoms in total. The predicted molar refractivity (Wildman–Crippen MR) is 83.7 cm³/mol. The molecule has 116 valence electrons. The van der Waals surface area contributed by atoms with E-state index in [4.69, 9.17) is 4.74 Å². The van der Waals surface area contributed by atoms with Crippen LogP contribution in [-0.2, 0) is 11.8 Å². The lowest BCUT2D eigenvalue weighted by Crippen LogP contribution is -2.51. The maximum Gasteiger partial charge on any atom is 0.344 e.